The quantitative estimate of drug-likeness (QED) is 0.557. The Kier molecular flexibility index (Phi) is 3.62. The average molecular weight is 344 g/mol. The molecule has 2 N–H and O–H groups in total. The number of carbonyl (C=O) groups is 2. The molecule has 0 saturated carbocycles. The fourth-order valence-electron chi connectivity index (χ4n) is 3.82. The molecule has 4 nitrogen and oxygen atoms in total. The van der Waals surface area contributed by atoms with Crippen molar-refractivity contribution < 1.29 is 19.8 Å². The van der Waals surface area contributed by atoms with Crippen LogP contribution in [0.2, 0.25) is 0 Å². The lowest BCUT2D eigenvalue weighted by molar-refractivity contribution is -0.154. The SMILES string of the molecule is O=C(O)C1(C(=O)O)C=CC(c2cccc3ccccc23)c2ccccc21. The van der Waals surface area contributed by atoms with Crippen LogP contribution in [0.15, 0.2) is 78.9 Å². The van der Waals surface area contributed by atoms with Gasteiger partial charge < -0.3 is 10.2 Å². The molecular formula is C22H16O4. The Bertz CT molecular complexity index is 1050. The molecule has 0 aliphatic heterocycles. The van der Waals surface area contributed by atoms with Crippen LogP contribution in [0.4, 0.5) is 0 Å². The van der Waals surface area contributed by atoms with Gasteiger partial charge >= 0.3 is 11.9 Å². The minimum absolute atomic E-state index is 0.205. The second-order valence-electron chi connectivity index (χ2n) is 6.41. The lowest BCUT2D eigenvalue weighted by Gasteiger charge is -2.32. The number of aliphatic carboxylic acids is 2. The average Bonchev–Trinajstić information content (AvgIpc) is 2.66. The van der Waals surface area contributed by atoms with Crippen LogP contribution in [0.25, 0.3) is 10.8 Å². The van der Waals surface area contributed by atoms with Crippen LogP contribution in [0.5, 0.6) is 0 Å². The molecule has 4 heteroatoms. The number of rotatable bonds is 3. The monoisotopic (exact) mass is 344 g/mol. The molecule has 0 spiro atoms. The highest BCUT2D eigenvalue weighted by atomic mass is 16.4. The summed E-state index contributed by atoms with van der Waals surface area (Å²) < 4.78 is 0. The van der Waals surface area contributed by atoms with Crippen molar-refractivity contribution >= 4 is 22.7 Å². The van der Waals surface area contributed by atoms with Crippen molar-refractivity contribution in [2.75, 3.05) is 0 Å². The van der Waals surface area contributed by atoms with E-state index in [1.807, 2.05) is 54.6 Å². The van der Waals surface area contributed by atoms with Gasteiger partial charge in [0.25, 0.3) is 0 Å². The molecule has 128 valence electrons. The number of hydrogen-bond acceptors (Lipinski definition) is 2. The van der Waals surface area contributed by atoms with E-state index in [2.05, 4.69) is 0 Å². The van der Waals surface area contributed by atoms with Crippen molar-refractivity contribution in [3.8, 4) is 0 Å². The molecular weight excluding hydrogens is 328 g/mol. The summed E-state index contributed by atoms with van der Waals surface area (Å²) >= 11 is 0. The normalized spacial score (nSPS) is 17.6. The third-order valence-electron chi connectivity index (χ3n) is 5.09. The summed E-state index contributed by atoms with van der Waals surface area (Å²) in [4.78, 5) is 23.8. The van der Waals surface area contributed by atoms with Crippen LogP contribution in [0.1, 0.15) is 22.6 Å². The minimum atomic E-state index is -2.06. The van der Waals surface area contributed by atoms with Crippen molar-refractivity contribution in [1.29, 1.82) is 0 Å². The van der Waals surface area contributed by atoms with Gasteiger partial charge in [0.05, 0.1) is 0 Å². The number of hydrogen-bond donors (Lipinski definition) is 2. The minimum Gasteiger partial charge on any atom is -0.480 e. The van der Waals surface area contributed by atoms with E-state index >= 15 is 0 Å². The first-order valence-electron chi connectivity index (χ1n) is 8.29. The van der Waals surface area contributed by atoms with Gasteiger partial charge in [-0.15, -0.1) is 0 Å². The third kappa shape index (κ3) is 2.15. The Balaban J connectivity index is 1.99. The summed E-state index contributed by atoms with van der Waals surface area (Å²) in [6, 6.07) is 20.9. The van der Waals surface area contributed by atoms with Gasteiger partial charge in [-0.3, -0.25) is 9.59 Å². The van der Waals surface area contributed by atoms with E-state index < -0.39 is 17.4 Å². The first-order chi connectivity index (χ1) is 12.6. The molecule has 26 heavy (non-hydrogen) atoms. The largest absolute Gasteiger partial charge is 0.480 e. The van der Waals surface area contributed by atoms with Crippen LogP contribution < -0.4 is 0 Å². The number of carboxylic acids is 2. The predicted molar refractivity (Wildman–Crippen MR) is 98.3 cm³/mol. The van der Waals surface area contributed by atoms with Gasteiger partial charge in [-0.1, -0.05) is 78.9 Å². The van der Waals surface area contributed by atoms with E-state index in [4.69, 9.17) is 0 Å². The fourth-order valence-corrected chi connectivity index (χ4v) is 3.82. The Labute approximate surface area is 150 Å². The van der Waals surface area contributed by atoms with Gasteiger partial charge in [0.2, 0.25) is 5.41 Å². The molecule has 4 rings (SSSR count). The van der Waals surface area contributed by atoms with Crippen LogP contribution in [-0.4, -0.2) is 22.2 Å². The zero-order valence-corrected chi connectivity index (χ0v) is 13.8. The molecule has 0 bridgehead atoms. The van der Waals surface area contributed by atoms with Gasteiger partial charge in [0.15, 0.2) is 0 Å². The van der Waals surface area contributed by atoms with Crippen molar-refractivity contribution in [1.82, 2.24) is 0 Å². The molecule has 0 amide bonds. The van der Waals surface area contributed by atoms with Gasteiger partial charge in [-0.2, -0.15) is 0 Å². The highest BCUT2D eigenvalue weighted by molar-refractivity contribution is 6.08. The second kappa shape index (κ2) is 5.85. The second-order valence-corrected chi connectivity index (χ2v) is 6.41. The standard InChI is InChI=1S/C22H16O4/c23-20(24)22(21(25)26)13-12-17(18-9-3-4-11-19(18)22)16-10-5-7-14-6-1-2-8-15(14)16/h1-13,17H,(H,23,24)(H,25,26). The molecule has 1 unspecified atom stereocenters. The molecule has 1 atom stereocenters. The molecule has 1 aliphatic rings. The smallest absolute Gasteiger partial charge is 0.329 e. The van der Waals surface area contributed by atoms with E-state index in [-0.39, 0.29) is 5.92 Å². The van der Waals surface area contributed by atoms with Crippen LogP contribution in [-0.2, 0) is 15.0 Å². The van der Waals surface area contributed by atoms with E-state index in [0.717, 1.165) is 16.3 Å². The topological polar surface area (TPSA) is 74.6 Å². The van der Waals surface area contributed by atoms with Crippen LogP contribution in [0.3, 0.4) is 0 Å². The summed E-state index contributed by atoms with van der Waals surface area (Å²) in [6.07, 6.45) is 3.01. The van der Waals surface area contributed by atoms with Crippen molar-refractivity contribution in [2.45, 2.75) is 11.3 Å². The van der Waals surface area contributed by atoms with Crippen LogP contribution in [0, 0.1) is 0 Å². The summed E-state index contributed by atoms with van der Waals surface area (Å²) in [6.45, 7) is 0. The first kappa shape index (κ1) is 16.1. The molecule has 0 aromatic heterocycles. The number of benzene rings is 3. The molecule has 1 aliphatic carbocycles. The Morgan fingerprint density at radius 1 is 0.769 bits per heavy atom. The highest BCUT2D eigenvalue weighted by Gasteiger charge is 2.50. The zero-order chi connectivity index (χ0) is 18.3. The van der Waals surface area contributed by atoms with Crippen molar-refractivity contribution in [3.63, 3.8) is 0 Å². The predicted octanol–water partition coefficient (Wildman–Crippen LogP) is 3.95. The van der Waals surface area contributed by atoms with E-state index in [9.17, 15) is 19.8 Å². The fraction of sp³-hybridized carbons (Fsp3) is 0.0909. The molecule has 0 fully saturated rings. The number of fused-ring (bicyclic) bond motifs is 2. The zero-order valence-electron chi connectivity index (χ0n) is 13.8. The van der Waals surface area contributed by atoms with E-state index in [1.54, 1.807) is 18.2 Å². The first-order valence-corrected chi connectivity index (χ1v) is 8.29. The maximum atomic E-state index is 11.9. The number of carboxylic acid groups (broad SMARTS) is 2. The molecule has 0 saturated heterocycles. The van der Waals surface area contributed by atoms with Gasteiger partial charge in [0.1, 0.15) is 0 Å². The molecule has 3 aromatic carbocycles. The van der Waals surface area contributed by atoms with Crippen molar-refractivity contribution in [3.05, 3.63) is 95.6 Å². The molecule has 0 heterocycles. The van der Waals surface area contributed by atoms with Crippen LogP contribution >= 0.6 is 0 Å². The summed E-state index contributed by atoms with van der Waals surface area (Å²) in [5.74, 6) is -2.97. The lowest BCUT2D eigenvalue weighted by atomic mass is 9.69. The summed E-state index contributed by atoms with van der Waals surface area (Å²) in [7, 11) is 0. The van der Waals surface area contributed by atoms with Gasteiger partial charge in [0, 0.05) is 5.92 Å². The summed E-state index contributed by atoms with van der Waals surface area (Å²) in [5.41, 5.74) is -0.0229. The molecule has 0 radical (unpaired) electrons. The third-order valence-corrected chi connectivity index (χ3v) is 5.09. The Morgan fingerprint density at radius 2 is 1.38 bits per heavy atom. The maximum absolute atomic E-state index is 11.9. The highest BCUT2D eigenvalue weighted by Crippen LogP contribution is 2.43. The van der Waals surface area contributed by atoms with Crippen molar-refractivity contribution in [2.24, 2.45) is 0 Å². The lowest BCUT2D eigenvalue weighted by Crippen LogP contribution is -2.44. The Morgan fingerprint density at radius 3 is 2.15 bits per heavy atom. The van der Waals surface area contributed by atoms with E-state index in [0.29, 0.717) is 11.1 Å². The number of allylic oxidation sites excluding steroid dienone is 1. The molecule has 3 aromatic rings. The van der Waals surface area contributed by atoms with Gasteiger partial charge in [-0.05, 0) is 27.5 Å². The maximum Gasteiger partial charge on any atom is 0.329 e. The summed E-state index contributed by atoms with van der Waals surface area (Å²) in [5, 5.41) is 21.6. The Hall–Kier alpha value is -3.40. The van der Waals surface area contributed by atoms with Gasteiger partial charge in [-0.25, -0.2) is 0 Å². The van der Waals surface area contributed by atoms with E-state index in [1.165, 1.54) is 6.08 Å².